The quantitative estimate of drug-likeness (QED) is 0.751. The average molecular weight is 327 g/mol. The van der Waals surface area contributed by atoms with E-state index in [1.54, 1.807) is 18.7 Å². The molecule has 0 aliphatic rings. The fourth-order valence-electron chi connectivity index (χ4n) is 2.07. The maximum Gasteiger partial charge on any atom is 0.228 e. The summed E-state index contributed by atoms with van der Waals surface area (Å²) in [5.41, 5.74) is 1.72. The minimum atomic E-state index is -0.0460. The number of carbonyl (C=O) groups is 1. The minimum Gasteiger partial charge on any atom is -0.463 e. The van der Waals surface area contributed by atoms with E-state index in [2.05, 4.69) is 15.3 Å². The normalized spacial score (nSPS) is 12.1. The van der Waals surface area contributed by atoms with Gasteiger partial charge in [-0.05, 0) is 36.2 Å². The second-order valence-electron chi connectivity index (χ2n) is 5.21. The highest BCUT2D eigenvalue weighted by Gasteiger charge is 2.19. The molecule has 0 saturated carbocycles. The van der Waals surface area contributed by atoms with Crippen molar-refractivity contribution in [2.45, 2.75) is 20.3 Å². The molecule has 1 N–H and O–H groups in total. The van der Waals surface area contributed by atoms with Crippen LogP contribution in [0.1, 0.15) is 20.3 Å². The Morgan fingerprint density at radius 2 is 2.13 bits per heavy atom. The van der Waals surface area contributed by atoms with E-state index in [1.165, 1.54) is 11.3 Å². The highest BCUT2D eigenvalue weighted by molar-refractivity contribution is 7.19. The van der Waals surface area contributed by atoms with Gasteiger partial charge in [0.15, 0.2) is 10.9 Å². The summed E-state index contributed by atoms with van der Waals surface area (Å²) in [7, 11) is 0. The minimum absolute atomic E-state index is 0.0199. The average Bonchev–Trinajstić information content (AvgIpc) is 3.24. The summed E-state index contributed by atoms with van der Waals surface area (Å²) < 4.78 is 5.48. The molecular weight excluding hydrogens is 310 g/mol. The van der Waals surface area contributed by atoms with Crippen molar-refractivity contribution in [2.75, 3.05) is 5.32 Å². The highest BCUT2D eigenvalue weighted by Crippen LogP contribution is 2.39. The number of furan rings is 1. The Labute approximate surface area is 138 Å². The second-order valence-corrected chi connectivity index (χ2v) is 6.21. The van der Waals surface area contributed by atoms with Crippen LogP contribution >= 0.6 is 11.3 Å². The second kappa shape index (κ2) is 6.75. The van der Waals surface area contributed by atoms with Crippen LogP contribution < -0.4 is 5.32 Å². The number of thiazole rings is 1. The Morgan fingerprint density at radius 3 is 2.78 bits per heavy atom. The number of pyridine rings is 1. The van der Waals surface area contributed by atoms with Crippen LogP contribution in [0.4, 0.5) is 5.13 Å². The Hall–Kier alpha value is -2.47. The van der Waals surface area contributed by atoms with Crippen LogP contribution in [0.3, 0.4) is 0 Å². The fraction of sp³-hybridized carbons (Fsp3) is 0.235. The van der Waals surface area contributed by atoms with Crippen LogP contribution in [0.15, 0.2) is 47.3 Å². The number of nitrogens with one attached hydrogen (secondary N) is 1. The van der Waals surface area contributed by atoms with E-state index in [0.29, 0.717) is 10.9 Å². The predicted octanol–water partition coefficient (Wildman–Crippen LogP) is 4.45. The molecule has 1 amide bonds. The molecule has 0 aliphatic heterocycles. The van der Waals surface area contributed by atoms with Gasteiger partial charge in [-0.3, -0.25) is 9.78 Å². The third-order valence-corrected chi connectivity index (χ3v) is 4.63. The van der Waals surface area contributed by atoms with Crippen molar-refractivity contribution in [1.82, 2.24) is 9.97 Å². The first-order valence-corrected chi connectivity index (χ1v) is 8.26. The van der Waals surface area contributed by atoms with Gasteiger partial charge in [-0.2, -0.15) is 0 Å². The summed E-state index contributed by atoms with van der Waals surface area (Å²) in [5.74, 6) is 0.612. The van der Waals surface area contributed by atoms with E-state index < -0.39 is 0 Å². The van der Waals surface area contributed by atoms with E-state index >= 15 is 0 Å². The van der Waals surface area contributed by atoms with Crippen molar-refractivity contribution >= 4 is 22.4 Å². The third kappa shape index (κ3) is 3.32. The maximum absolute atomic E-state index is 12.1. The first-order chi connectivity index (χ1) is 11.2. The van der Waals surface area contributed by atoms with Crippen LogP contribution in [0.5, 0.6) is 0 Å². The molecule has 5 nitrogen and oxygen atoms in total. The Bertz CT molecular complexity index is 782. The van der Waals surface area contributed by atoms with Crippen molar-refractivity contribution in [2.24, 2.45) is 5.92 Å². The molecule has 0 bridgehead atoms. The molecule has 1 atom stereocenters. The Morgan fingerprint density at radius 1 is 1.35 bits per heavy atom. The topological polar surface area (TPSA) is 68.0 Å². The number of hydrogen-bond donors (Lipinski definition) is 1. The maximum atomic E-state index is 12.1. The largest absolute Gasteiger partial charge is 0.463 e. The van der Waals surface area contributed by atoms with Gasteiger partial charge in [0.05, 0.1) is 11.1 Å². The molecule has 3 heterocycles. The first kappa shape index (κ1) is 15.4. The molecule has 3 aromatic rings. The summed E-state index contributed by atoms with van der Waals surface area (Å²) in [4.78, 5) is 21.7. The number of aromatic nitrogens is 2. The number of anilines is 1. The summed E-state index contributed by atoms with van der Waals surface area (Å²) in [6.07, 6.45) is 5.87. The number of rotatable bonds is 5. The lowest BCUT2D eigenvalue weighted by Gasteiger charge is -2.06. The summed E-state index contributed by atoms with van der Waals surface area (Å²) in [6.45, 7) is 3.89. The van der Waals surface area contributed by atoms with Gasteiger partial charge < -0.3 is 9.73 Å². The van der Waals surface area contributed by atoms with E-state index in [4.69, 9.17) is 4.42 Å². The first-order valence-electron chi connectivity index (χ1n) is 7.45. The van der Waals surface area contributed by atoms with Crippen molar-refractivity contribution in [3.05, 3.63) is 42.9 Å². The third-order valence-electron chi connectivity index (χ3n) is 3.61. The number of amides is 1. The number of nitrogens with zero attached hydrogens (tertiary/aromatic N) is 2. The molecular formula is C17H17N3O2S. The molecule has 0 spiro atoms. The monoisotopic (exact) mass is 327 g/mol. The molecule has 0 saturated heterocycles. The van der Waals surface area contributed by atoms with Gasteiger partial charge in [0.2, 0.25) is 5.91 Å². The summed E-state index contributed by atoms with van der Waals surface area (Å²) in [5, 5.41) is 3.47. The van der Waals surface area contributed by atoms with Crippen molar-refractivity contribution in [3.63, 3.8) is 0 Å². The van der Waals surface area contributed by atoms with Crippen molar-refractivity contribution in [3.8, 4) is 21.9 Å². The van der Waals surface area contributed by atoms with Crippen LogP contribution in [0.2, 0.25) is 0 Å². The van der Waals surface area contributed by atoms with Gasteiger partial charge in [0, 0.05) is 18.3 Å². The smallest absolute Gasteiger partial charge is 0.228 e. The van der Waals surface area contributed by atoms with E-state index in [1.807, 2.05) is 38.1 Å². The molecule has 3 aromatic heterocycles. The molecule has 0 radical (unpaired) electrons. The molecule has 0 aliphatic carbocycles. The molecule has 1 unspecified atom stereocenters. The van der Waals surface area contributed by atoms with E-state index in [9.17, 15) is 4.79 Å². The van der Waals surface area contributed by atoms with Gasteiger partial charge in [-0.15, -0.1) is 0 Å². The number of carbonyl (C=O) groups excluding carboxylic acids is 1. The lowest BCUT2D eigenvalue weighted by atomic mass is 10.1. The summed E-state index contributed by atoms with van der Waals surface area (Å²) >= 11 is 1.44. The molecule has 0 aromatic carbocycles. The molecule has 3 rings (SSSR count). The Kier molecular flexibility index (Phi) is 4.52. The zero-order valence-electron chi connectivity index (χ0n) is 12.9. The Balaban J connectivity index is 1.99. The predicted molar refractivity (Wildman–Crippen MR) is 91.1 cm³/mol. The molecule has 6 heteroatoms. The van der Waals surface area contributed by atoms with Crippen LogP contribution in [-0.2, 0) is 4.79 Å². The SMILES string of the molecule is CCC(C)C(=O)Nc1nc(-c2ccco2)c(-c2ccncc2)s1. The number of hydrogen-bond acceptors (Lipinski definition) is 5. The van der Waals surface area contributed by atoms with Crippen molar-refractivity contribution < 1.29 is 9.21 Å². The van der Waals surface area contributed by atoms with Crippen LogP contribution in [0, 0.1) is 5.92 Å². The van der Waals surface area contributed by atoms with Gasteiger partial charge >= 0.3 is 0 Å². The lowest BCUT2D eigenvalue weighted by Crippen LogP contribution is -2.19. The molecule has 23 heavy (non-hydrogen) atoms. The highest BCUT2D eigenvalue weighted by atomic mass is 32.1. The van der Waals surface area contributed by atoms with Gasteiger partial charge in [-0.1, -0.05) is 25.2 Å². The molecule has 0 fully saturated rings. The van der Waals surface area contributed by atoms with Crippen LogP contribution in [0.25, 0.3) is 21.9 Å². The van der Waals surface area contributed by atoms with E-state index in [-0.39, 0.29) is 11.8 Å². The fourth-order valence-corrected chi connectivity index (χ4v) is 3.05. The lowest BCUT2D eigenvalue weighted by molar-refractivity contribution is -0.119. The standard InChI is InChI=1S/C17H17N3O2S/c1-3-11(2)16(21)20-17-19-14(13-5-4-10-22-13)15(23-17)12-6-8-18-9-7-12/h4-11H,3H2,1-2H3,(H,19,20,21). The van der Waals surface area contributed by atoms with Gasteiger partial charge in [-0.25, -0.2) is 4.98 Å². The van der Waals surface area contributed by atoms with E-state index in [0.717, 1.165) is 22.6 Å². The van der Waals surface area contributed by atoms with Gasteiger partial charge in [0.25, 0.3) is 0 Å². The van der Waals surface area contributed by atoms with Gasteiger partial charge in [0.1, 0.15) is 5.69 Å². The zero-order chi connectivity index (χ0) is 16.2. The zero-order valence-corrected chi connectivity index (χ0v) is 13.8. The summed E-state index contributed by atoms with van der Waals surface area (Å²) in [6, 6.07) is 7.52. The van der Waals surface area contributed by atoms with Crippen LogP contribution in [-0.4, -0.2) is 15.9 Å². The van der Waals surface area contributed by atoms with Crippen molar-refractivity contribution in [1.29, 1.82) is 0 Å². The molecule has 118 valence electrons.